The monoisotopic (exact) mass is 283 g/mol. The molecule has 0 saturated carbocycles. The average Bonchev–Trinajstić information content (AvgIpc) is 2.36. The van der Waals surface area contributed by atoms with Gasteiger partial charge in [-0.2, -0.15) is 0 Å². The van der Waals surface area contributed by atoms with Crippen molar-refractivity contribution in [3.8, 4) is 0 Å². The van der Waals surface area contributed by atoms with Crippen molar-refractivity contribution in [2.24, 2.45) is 5.73 Å². The molecule has 0 saturated heterocycles. The van der Waals surface area contributed by atoms with Crippen LogP contribution in [-0.4, -0.2) is 33.7 Å². The lowest BCUT2D eigenvalue weighted by Crippen LogP contribution is -2.34. The van der Waals surface area contributed by atoms with E-state index in [4.69, 9.17) is 5.73 Å². The summed E-state index contributed by atoms with van der Waals surface area (Å²) in [6.07, 6.45) is 2.77. The van der Waals surface area contributed by atoms with Gasteiger partial charge in [0.15, 0.2) is 0 Å². The zero-order valence-corrected chi connectivity index (χ0v) is 11.5. The van der Waals surface area contributed by atoms with Gasteiger partial charge >= 0.3 is 0 Å². The second-order valence-electron chi connectivity index (χ2n) is 4.53. The van der Waals surface area contributed by atoms with E-state index in [-0.39, 0.29) is 12.5 Å². The molecule has 6 nitrogen and oxygen atoms in total. The van der Waals surface area contributed by atoms with Crippen LogP contribution >= 0.6 is 0 Å². The van der Waals surface area contributed by atoms with Gasteiger partial charge in [-0.1, -0.05) is 0 Å². The quantitative estimate of drug-likeness (QED) is 0.834. The molecule has 1 aliphatic rings. The Balaban J connectivity index is 2.33. The van der Waals surface area contributed by atoms with Crippen LogP contribution in [-0.2, 0) is 21.2 Å². The number of hydrogen-bond acceptors (Lipinski definition) is 4. The summed E-state index contributed by atoms with van der Waals surface area (Å²) in [5.74, 6) is -0.268. The van der Waals surface area contributed by atoms with Gasteiger partial charge in [0.1, 0.15) is 0 Å². The summed E-state index contributed by atoms with van der Waals surface area (Å²) in [5, 5.41) is 2.66. The van der Waals surface area contributed by atoms with Crippen molar-refractivity contribution in [1.82, 2.24) is 0 Å². The number of benzene rings is 1. The van der Waals surface area contributed by atoms with Gasteiger partial charge in [0.25, 0.3) is 0 Å². The smallest absolute Gasteiger partial charge is 0.238 e. The number of nitrogens with zero attached hydrogens (tertiary/aromatic N) is 1. The highest BCUT2D eigenvalue weighted by atomic mass is 32.2. The van der Waals surface area contributed by atoms with Gasteiger partial charge in [0.2, 0.25) is 15.9 Å². The molecular weight excluding hydrogens is 266 g/mol. The zero-order valence-electron chi connectivity index (χ0n) is 10.7. The first-order chi connectivity index (χ1) is 8.91. The van der Waals surface area contributed by atoms with Gasteiger partial charge in [0.05, 0.1) is 18.5 Å². The van der Waals surface area contributed by atoms with Gasteiger partial charge in [0, 0.05) is 12.2 Å². The number of rotatable bonds is 3. The number of aryl methyl sites for hydroxylation is 1. The molecule has 3 N–H and O–H groups in total. The third-order valence-corrected chi connectivity index (χ3v) is 4.20. The fraction of sp³-hybridized carbons (Fsp3) is 0.417. The first-order valence-corrected chi connectivity index (χ1v) is 7.87. The molecule has 1 heterocycles. The first-order valence-electron chi connectivity index (χ1n) is 6.02. The van der Waals surface area contributed by atoms with Crippen molar-refractivity contribution in [2.45, 2.75) is 12.8 Å². The Kier molecular flexibility index (Phi) is 3.77. The topological polar surface area (TPSA) is 92.5 Å². The maximum atomic E-state index is 11.7. The van der Waals surface area contributed by atoms with E-state index in [0.29, 0.717) is 17.9 Å². The third-order valence-electron chi connectivity index (χ3n) is 3.02. The van der Waals surface area contributed by atoms with E-state index in [1.165, 1.54) is 10.6 Å². The standard InChI is InChI=1S/C12H17N3O3S/c1-19(17,18)15-6-2-3-9-7-10(4-5-11(9)15)14-12(16)8-13/h4-5,7H,2-3,6,8,13H2,1H3,(H,14,16). The van der Waals surface area contributed by atoms with Crippen molar-refractivity contribution < 1.29 is 13.2 Å². The van der Waals surface area contributed by atoms with E-state index in [1.807, 2.05) is 0 Å². The average molecular weight is 283 g/mol. The molecule has 19 heavy (non-hydrogen) atoms. The summed E-state index contributed by atoms with van der Waals surface area (Å²) < 4.78 is 24.8. The molecule has 0 unspecified atom stereocenters. The molecule has 0 spiro atoms. The molecule has 0 radical (unpaired) electrons. The molecule has 1 aromatic rings. The van der Waals surface area contributed by atoms with E-state index in [1.54, 1.807) is 18.2 Å². The van der Waals surface area contributed by atoms with Crippen LogP contribution in [0.2, 0.25) is 0 Å². The Morgan fingerprint density at radius 1 is 1.47 bits per heavy atom. The Morgan fingerprint density at radius 3 is 2.84 bits per heavy atom. The lowest BCUT2D eigenvalue weighted by atomic mass is 10.0. The molecule has 104 valence electrons. The maximum absolute atomic E-state index is 11.7. The van der Waals surface area contributed by atoms with Crippen LogP contribution in [0, 0.1) is 0 Å². The molecule has 1 aromatic carbocycles. The molecular formula is C12H17N3O3S. The van der Waals surface area contributed by atoms with Crippen molar-refractivity contribution >= 4 is 27.3 Å². The van der Waals surface area contributed by atoms with Gasteiger partial charge < -0.3 is 11.1 Å². The van der Waals surface area contributed by atoms with Crippen LogP contribution in [0.15, 0.2) is 18.2 Å². The minimum absolute atomic E-state index is 0.0768. The normalized spacial score (nSPS) is 14.9. The Bertz CT molecular complexity index is 598. The van der Waals surface area contributed by atoms with Crippen molar-refractivity contribution in [3.63, 3.8) is 0 Å². The number of sulfonamides is 1. The largest absolute Gasteiger partial charge is 0.325 e. The van der Waals surface area contributed by atoms with Crippen molar-refractivity contribution in [2.75, 3.05) is 29.0 Å². The van der Waals surface area contributed by atoms with E-state index < -0.39 is 10.0 Å². The molecule has 0 bridgehead atoms. The first kappa shape index (κ1) is 13.8. The van der Waals surface area contributed by atoms with E-state index >= 15 is 0 Å². The summed E-state index contributed by atoms with van der Waals surface area (Å²) >= 11 is 0. The number of hydrogen-bond donors (Lipinski definition) is 2. The fourth-order valence-electron chi connectivity index (χ4n) is 2.20. The molecule has 7 heteroatoms. The lowest BCUT2D eigenvalue weighted by molar-refractivity contribution is -0.114. The summed E-state index contributed by atoms with van der Waals surface area (Å²) in [6.45, 7) is 0.424. The van der Waals surface area contributed by atoms with Gasteiger partial charge in [-0.3, -0.25) is 9.10 Å². The van der Waals surface area contributed by atoms with E-state index in [0.717, 1.165) is 18.4 Å². The van der Waals surface area contributed by atoms with Gasteiger partial charge in [-0.05, 0) is 36.6 Å². The third kappa shape index (κ3) is 3.05. The Hall–Kier alpha value is -1.60. The minimum atomic E-state index is -3.25. The number of amides is 1. The minimum Gasteiger partial charge on any atom is -0.325 e. The number of fused-ring (bicyclic) bond motifs is 1. The highest BCUT2D eigenvalue weighted by molar-refractivity contribution is 7.92. The van der Waals surface area contributed by atoms with Crippen LogP contribution in [0.1, 0.15) is 12.0 Å². The van der Waals surface area contributed by atoms with Crippen molar-refractivity contribution in [1.29, 1.82) is 0 Å². The predicted octanol–water partition coefficient (Wildman–Crippen LogP) is 0.296. The second-order valence-corrected chi connectivity index (χ2v) is 6.44. The van der Waals surface area contributed by atoms with Crippen molar-refractivity contribution in [3.05, 3.63) is 23.8 Å². The van der Waals surface area contributed by atoms with E-state index in [9.17, 15) is 13.2 Å². The van der Waals surface area contributed by atoms with Crippen LogP contribution in [0.4, 0.5) is 11.4 Å². The number of anilines is 2. The molecule has 0 aliphatic carbocycles. The zero-order chi connectivity index (χ0) is 14.0. The number of carbonyl (C=O) groups excluding carboxylic acids is 1. The number of nitrogens with two attached hydrogens (primary N) is 1. The Labute approximate surface area is 112 Å². The fourth-order valence-corrected chi connectivity index (χ4v) is 3.19. The molecule has 1 amide bonds. The SMILES string of the molecule is CS(=O)(=O)N1CCCc2cc(NC(=O)CN)ccc21. The number of carbonyl (C=O) groups is 1. The summed E-state index contributed by atoms with van der Waals surface area (Å²) in [6, 6.07) is 5.22. The van der Waals surface area contributed by atoms with Crippen LogP contribution in [0.3, 0.4) is 0 Å². The number of nitrogens with one attached hydrogen (secondary N) is 1. The highest BCUT2D eigenvalue weighted by Crippen LogP contribution is 2.31. The molecule has 1 aliphatic heterocycles. The van der Waals surface area contributed by atoms with Crippen LogP contribution in [0.25, 0.3) is 0 Å². The second kappa shape index (κ2) is 5.18. The van der Waals surface area contributed by atoms with Crippen LogP contribution < -0.4 is 15.4 Å². The highest BCUT2D eigenvalue weighted by Gasteiger charge is 2.23. The maximum Gasteiger partial charge on any atom is 0.238 e. The lowest BCUT2D eigenvalue weighted by Gasteiger charge is -2.29. The van der Waals surface area contributed by atoms with E-state index in [2.05, 4.69) is 5.32 Å². The molecule has 0 atom stereocenters. The summed E-state index contributed by atoms with van der Waals surface area (Å²) in [5.41, 5.74) is 7.50. The van der Waals surface area contributed by atoms with Crippen LogP contribution in [0.5, 0.6) is 0 Å². The Morgan fingerprint density at radius 2 is 2.21 bits per heavy atom. The predicted molar refractivity (Wildman–Crippen MR) is 74.6 cm³/mol. The van der Waals surface area contributed by atoms with Gasteiger partial charge in [-0.15, -0.1) is 0 Å². The van der Waals surface area contributed by atoms with Gasteiger partial charge in [-0.25, -0.2) is 8.42 Å². The summed E-state index contributed by atoms with van der Waals surface area (Å²) in [7, 11) is -3.25. The molecule has 0 aromatic heterocycles. The molecule has 2 rings (SSSR count). The molecule has 0 fully saturated rings. The summed E-state index contributed by atoms with van der Waals surface area (Å²) in [4.78, 5) is 11.2.